The van der Waals surface area contributed by atoms with E-state index in [2.05, 4.69) is 29.2 Å². The van der Waals surface area contributed by atoms with Crippen LogP contribution in [0.3, 0.4) is 0 Å². The number of nitrogens with zero attached hydrogens (tertiary/aromatic N) is 1. The van der Waals surface area contributed by atoms with Gasteiger partial charge in [0, 0.05) is 13.1 Å². The normalized spacial score (nSPS) is 21.9. The van der Waals surface area contributed by atoms with Crippen LogP contribution in [-0.2, 0) is 12.1 Å². The van der Waals surface area contributed by atoms with Crippen LogP contribution in [0, 0.1) is 0 Å². The summed E-state index contributed by atoms with van der Waals surface area (Å²) in [6.45, 7) is 8.70. The zero-order valence-electron chi connectivity index (χ0n) is 15.5. The third kappa shape index (κ3) is 4.83. The first-order valence-electron chi connectivity index (χ1n) is 9.12. The molecule has 1 saturated heterocycles. The Balaban J connectivity index is 1.70. The molecule has 0 aliphatic carbocycles. The number of ether oxygens (including phenoxy) is 1. The summed E-state index contributed by atoms with van der Waals surface area (Å²) in [6.07, 6.45) is 1.81. The molecule has 25 heavy (non-hydrogen) atoms. The molecule has 2 aromatic carbocycles. The number of benzene rings is 2. The first-order chi connectivity index (χ1) is 11.8. The van der Waals surface area contributed by atoms with E-state index in [0.717, 1.165) is 37.2 Å². The Morgan fingerprint density at radius 1 is 1.04 bits per heavy atom. The minimum absolute atomic E-state index is 0.213. The van der Waals surface area contributed by atoms with Gasteiger partial charge >= 0.3 is 0 Å². The van der Waals surface area contributed by atoms with Gasteiger partial charge in [-0.05, 0) is 63.4 Å². The van der Waals surface area contributed by atoms with Crippen LogP contribution < -0.4 is 4.74 Å². The van der Waals surface area contributed by atoms with E-state index in [4.69, 9.17) is 4.74 Å². The fourth-order valence-electron chi connectivity index (χ4n) is 3.52. The minimum Gasteiger partial charge on any atom is -0.488 e. The summed E-state index contributed by atoms with van der Waals surface area (Å²) in [7, 11) is 0. The van der Waals surface area contributed by atoms with Crippen molar-refractivity contribution >= 4 is 0 Å². The molecule has 3 heteroatoms. The van der Waals surface area contributed by atoms with Gasteiger partial charge in [0.1, 0.15) is 17.0 Å². The lowest BCUT2D eigenvalue weighted by Crippen LogP contribution is -2.45. The Kier molecular flexibility index (Phi) is 5.16. The van der Waals surface area contributed by atoms with Gasteiger partial charge in [-0.1, -0.05) is 42.5 Å². The van der Waals surface area contributed by atoms with Gasteiger partial charge in [0.15, 0.2) is 0 Å². The van der Waals surface area contributed by atoms with Crippen molar-refractivity contribution in [3.05, 3.63) is 65.7 Å². The van der Waals surface area contributed by atoms with Crippen molar-refractivity contribution in [3.8, 4) is 5.75 Å². The van der Waals surface area contributed by atoms with E-state index >= 15 is 0 Å². The Hall–Kier alpha value is -1.84. The zero-order valence-corrected chi connectivity index (χ0v) is 15.5. The molecule has 3 nitrogen and oxygen atoms in total. The predicted molar refractivity (Wildman–Crippen MR) is 102 cm³/mol. The first kappa shape index (κ1) is 18.0. The lowest BCUT2D eigenvalue weighted by Gasteiger charge is -2.39. The van der Waals surface area contributed by atoms with Crippen LogP contribution in [0.4, 0.5) is 0 Å². The van der Waals surface area contributed by atoms with Gasteiger partial charge in [-0.3, -0.25) is 4.90 Å². The highest BCUT2D eigenvalue weighted by Crippen LogP contribution is 2.33. The van der Waals surface area contributed by atoms with E-state index in [1.54, 1.807) is 0 Å². The smallest absolute Gasteiger partial charge is 0.120 e. The minimum atomic E-state index is -0.784. The van der Waals surface area contributed by atoms with Gasteiger partial charge in [0.25, 0.3) is 0 Å². The molecule has 3 rings (SSSR count). The van der Waals surface area contributed by atoms with Crippen LogP contribution in [0.15, 0.2) is 54.6 Å². The van der Waals surface area contributed by atoms with Crippen molar-refractivity contribution < 1.29 is 9.84 Å². The second-order valence-electron chi connectivity index (χ2n) is 8.07. The van der Waals surface area contributed by atoms with E-state index in [-0.39, 0.29) is 5.60 Å². The van der Waals surface area contributed by atoms with E-state index < -0.39 is 5.60 Å². The molecular formula is C22H29NO2. The van der Waals surface area contributed by atoms with Crippen molar-refractivity contribution in [2.24, 2.45) is 0 Å². The Morgan fingerprint density at radius 2 is 1.72 bits per heavy atom. The first-order valence-corrected chi connectivity index (χ1v) is 9.12. The molecule has 0 saturated carbocycles. The van der Waals surface area contributed by atoms with Gasteiger partial charge in [-0.2, -0.15) is 0 Å². The second kappa shape index (κ2) is 7.19. The average Bonchev–Trinajstić information content (AvgIpc) is 2.55. The van der Waals surface area contributed by atoms with Gasteiger partial charge in [-0.25, -0.2) is 0 Å². The molecule has 2 aromatic rings. The van der Waals surface area contributed by atoms with Gasteiger partial charge in [0.05, 0.1) is 0 Å². The summed E-state index contributed by atoms with van der Waals surface area (Å²) in [5, 5.41) is 11.2. The number of likely N-dealkylation sites (tertiary alicyclic amines) is 1. The van der Waals surface area contributed by atoms with Crippen LogP contribution in [0.25, 0.3) is 0 Å². The number of hydrogen-bond acceptors (Lipinski definition) is 3. The monoisotopic (exact) mass is 339 g/mol. The highest BCUT2D eigenvalue weighted by Gasteiger charge is 2.34. The SMILES string of the molecule is CC(C)(C)Oc1ccc(C2(O)CCCN(Cc3ccccc3)C2)cc1. The van der Waals surface area contributed by atoms with Gasteiger partial charge in [0.2, 0.25) is 0 Å². The molecule has 0 bridgehead atoms. The molecule has 134 valence electrons. The number of hydrogen-bond donors (Lipinski definition) is 1. The quantitative estimate of drug-likeness (QED) is 0.899. The molecule has 0 amide bonds. The lowest BCUT2D eigenvalue weighted by molar-refractivity contribution is -0.0381. The predicted octanol–water partition coefficient (Wildman–Crippen LogP) is 4.35. The summed E-state index contributed by atoms with van der Waals surface area (Å²) >= 11 is 0. The van der Waals surface area contributed by atoms with Crippen molar-refractivity contribution in [2.75, 3.05) is 13.1 Å². The van der Waals surface area contributed by atoms with Gasteiger partial charge < -0.3 is 9.84 Å². The van der Waals surface area contributed by atoms with Crippen LogP contribution in [-0.4, -0.2) is 28.7 Å². The average molecular weight is 339 g/mol. The van der Waals surface area contributed by atoms with Crippen LogP contribution in [0.1, 0.15) is 44.7 Å². The maximum atomic E-state index is 11.2. The molecule has 0 spiro atoms. The summed E-state index contributed by atoms with van der Waals surface area (Å²) < 4.78 is 5.89. The van der Waals surface area contributed by atoms with E-state index in [0.29, 0.717) is 6.54 Å². The summed E-state index contributed by atoms with van der Waals surface area (Å²) in [5.41, 5.74) is 1.27. The van der Waals surface area contributed by atoms with Crippen molar-refractivity contribution in [2.45, 2.75) is 51.4 Å². The van der Waals surface area contributed by atoms with E-state index in [1.165, 1.54) is 5.56 Å². The molecule has 1 unspecified atom stereocenters. The third-order valence-corrected chi connectivity index (χ3v) is 4.61. The number of rotatable bonds is 4. The standard InChI is InChI=1S/C22H29NO2/c1-21(2,3)25-20-12-10-19(11-13-20)22(24)14-7-15-23(17-22)16-18-8-5-4-6-9-18/h4-6,8-13,24H,7,14-17H2,1-3H3. The van der Waals surface area contributed by atoms with Crippen molar-refractivity contribution in [1.29, 1.82) is 0 Å². The van der Waals surface area contributed by atoms with Crippen LogP contribution in [0.5, 0.6) is 5.75 Å². The molecule has 1 fully saturated rings. The van der Waals surface area contributed by atoms with E-state index in [1.807, 2.05) is 51.1 Å². The topological polar surface area (TPSA) is 32.7 Å². The number of piperidine rings is 1. The molecule has 0 aromatic heterocycles. The Labute approximate surface area is 151 Å². The summed E-state index contributed by atoms with van der Waals surface area (Å²) in [4.78, 5) is 2.35. The van der Waals surface area contributed by atoms with E-state index in [9.17, 15) is 5.11 Å². The summed E-state index contributed by atoms with van der Waals surface area (Å²) in [6, 6.07) is 18.4. The highest BCUT2D eigenvalue weighted by molar-refractivity contribution is 5.32. The lowest BCUT2D eigenvalue weighted by atomic mass is 9.85. The molecule has 1 heterocycles. The van der Waals surface area contributed by atoms with Crippen molar-refractivity contribution in [1.82, 2.24) is 4.90 Å². The summed E-state index contributed by atoms with van der Waals surface area (Å²) in [5.74, 6) is 0.844. The molecule has 1 N–H and O–H groups in total. The molecule has 1 atom stereocenters. The zero-order chi connectivity index (χ0) is 17.9. The Morgan fingerprint density at radius 3 is 2.36 bits per heavy atom. The Bertz CT molecular complexity index is 675. The maximum Gasteiger partial charge on any atom is 0.120 e. The highest BCUT2D eigenvalue weighted by atomic mass is 16.5. The molecular weight excluding hydrogens is 310 g/mol. The van der Waals surface area contributed by atoms with Gasteiger partial charge in [-0.15, -0.1) is 0 Å². The number of aliphatic hydroxyl groups is 1. The third-order valence-electron chi connectivity index (χ3n) is 4.61. The molecule has 1 aliphatic heterocycles. The fourth-order valence-corrected chi connectivity index (χ4v) is 3.52. The fraction of sp³-hybridized carbons (Fsp3) is 0.455. The molecule has 1 aliphatic rings. The van der Waals surface area contributed by atoms with Crippen molar-refractivity contribution in [3.63, 3.8) is 0 Å². The largest absolute Gasteiger partial charge is 0.488 e. The number of β-amino-alcohol motifs (C(OH)–C–C–N with tert-alkyl or cyclic N) is 1. The maximum absolute atomic E-state index is 11.2. The van der Waals surface area contributed by atoms with Crippen LogP contribution in [0.2, 0.25) is 0 Å². The molecule has 0 radical (unpaired) electrons. The second-order valence-corrected chi connectivity index (χ2v) is 8.07. The van der Waals surface area contributed by atoms with Crippen LogP contribution >= 0.6 is 0 Å².